The number of anilines is 1. The molecule has 0 aromatic carbocycles. The highest BCUT2D eigenvalue weighted by Gasteiger charge is 2.42. The van der Waals surface area contributed by atoms with Crippen LogP contribution in [-0.2, 0) is 25.2 Å². The molecule has 16 heteroatoms. The van der Waals surface area contributed by atoms with E-state index in [4.69, 9.17) is 0 Å². The van der Waals surface area contributed by atoms with Crippen molar-refractivity contribution in [3.63, 3.8) is 0 Å². The summed E-state index contributed by atoms with van der Waals surface area (Å²) in [6.45, 7) is -0.0282. The minimum Gasteiger partial charge on any atom is -0.368 e. The molecule has 5 heterocycles. The van der Waals surface area contributed by atoms with E-state index >= 15 is 4.39 Å². The van der Waals surface area contributed by atoms with E-state index in [1.54, 1.807) is 13.1 Å². The molecule has 0 spiro atoms. The van der Waals surface area contributed by atoms with Crippen LogP contribution in [0.15, 0.2) is 30.9 Å². The van der Waals surface area contributed by atoms with Gasteiger partial charge in [-0.1, -0.05) is 0 Å². The summed E-state index contributed by atoms with van der Waals surface area (Å²) in [7, 11) is 1.58. The molecule has 0 atom stereocenters. The topological polar surface area (TPSA) is 101 Å². The van der Waals surface area contributed by atoms with Crippen molar-refractivity contribution in [1.82, 2.24) is 34.5 Å². The summed E-state index contributed by atoms with van der Waals surface area (Å²) in [6, 6.07) is 3.50. The molecular formula is C22H16F7N9. The highest BCUT2D eigenvalue weighted by molar-refractivity contribution is 5.85. The highest BCUT2D eigenvalue weighted by atomic mass is 19.4. The van der Waals surface area contributed by atoms with Crippen molar-refractivity contribution < 1.29 is 30.7 Å². The van der Waals surface area contributed by atoms with Crippen molar-refractivity contribution in [1.29, 1.82) is 5.26 Å². The first-order chi connectivity index (χ1) is 17.8. The van der Waals surface area contributed by atoms with Crippen LogP contribution in [0.25, 0.3) is 22.3 Å². The van der Waals surface area contributed by atoms with Crippen LogP contribution in [-0.4, -0.2) is 47.6 Å². The van der Waals surface area contributed by atoms with E-state index in [2.05, 4.69) is 25.3 Å². The SMILES string of the molecule is Cn1cnnc1C1(F)CCN(c2c(C#N)cc(C(F)(F)F)nc2-c2cnc3nn(C(F)(F)F)cc3c2)CC1. The molecule has 0 amide bonds. The van der Waals surface area contributed by atoms with Gasteiger partial charge in [0.15, 0.2) is 17.1 Å². The normalized spacial score (nSPS) is 16.1. The van der Waals surface area contributed by atoms with E-state index in [9.17, 15) is 31.6 Å². The third-order valence-corrected chi connectivity index (χ3v) is 6.28. The fourth-order valence-electron chi connectivity index (χ4n) is 4.46. The smallest absolute Gasteiger partial charge is 0.368 e. The van der Waals surface area contributed by atoms with Crippen LogP contribution in [0.3, 0.4) is 0 Å². The Morgan fingerprint density at radius 1 is 1.08 bits per heavy atom. The predicted octanol–water partition coefficient (Wildman–Crippen LogP) is 4.45. The second-order valence-corrected chi connectivity index (χ2v) is 8.76. The molecule has 0 unspecified atom stereocenters. The van der Waals surface area contributed by atoms with E-state index in [-0.39, 0.29) is 70.0 Å². The number of hydrogen-bond acceptors (Lipinski definition) is 7. The minimum atomic E-state index is -4.92. The van der Waals surface area contributed by atoms with Gasteiger partial charge in [-0.3, -0.25) is 0 Å². The Morgan fingerprint density at radius 3 is 2.37 bits per heavy atom. The third-order valence-electron chi connectivity index (χ3n) is 6.28. The molecule has 198 valence electrons. The predicted molar refractivity (Wildman–Crippen MR) is 117 cm³/mol. The van der Waals surface area contributed by atoms with Gasteiger partial charge in [0.2, 0.25) is 0 Å². The van der Waals surface area contributed by atoms with Crippen molar-refractivity contribution in [2.24, 2.45) is 7.05 Å². The lowest BCUT2D eigenvalue weighted by atomic mass is 9.91. The molecule has 0 aliphatic carbocycles. The number of aromatic nitrogens is 7. The van der Waals surface area contributed by atoms with Crippen LogP contribution in [0.5, 0.6) is 0 Å². The summed E-state index contributed by atoms with van der Waals surface area (Å²) in [5, 5.41) is 20.5. The number of fused-ring (bicyclic) bond motifs is 1. The van der Waals surface area contributed by atoms with Crippen molar-refractivity contribution in [2.45, 2.75) is 31.0 Å². The van der Waals surface area contributed by atoms with E-state index in [1.165, 1.54) is 15.8 Å². The largest absolute Gasteiger partial charge is 0.504 e. The Hall–Kier alpha value is -4.29. The molecule has 1 saturated heterocycles. The van der Waals surface area contributed by atoms with Gasteiger partial charge in [0.25, 0.3) is 0 Å². The van der Waals surface area contributed by atoms with Crippen LogP contribution >= 0.6 is 0 Å². The Bertz CT molecular complexity index is 1550. The Balaban J connectivity index is 1.61. The fourth-order valence-corrected chi connectivity index (χ4v) is 4.46. The molecule has 0 saturated carbocycles. The second kappa shape index (κ2) is 8.64. The fraction of sp³-hybridized carbons (Fsp3) is 0.364. The third kappa shape index (κ3) is 4.37. The maximum Gasteiger partial charge on any atom is 0.504 e. The van der Waals surface area contributed by atoms with Crippen LogP contribution in [0, 0.1) is 11.3 Å². The van der Waals surface area contributed by atoms with Crippen molar-refractivity contribution >= 4 is 16.7 Å². The van der Waals surface area contributed by atoms with Crippen molar-refractivity contribution in [3.05, 3.63) is 47.9 Å². The first kappa shape index (κ1) is 25.4. The average Bonchev–Trinajstić information content (AvgIpc) is 3.49. The summed E-state index contributed by atoms with van der Waals surface area (Å²) in [5.41, 5.74) is -4.29. The number of nitrogens with zero attached hydrogens (tertiary/aromatic N) is 9. The lowest BCUT2D eigenvalue weighted by molar-refractivity contribution is -0.211. The summed E-state index contributed by atoms with van der Waals surface area (Å²) in [4.78, 5) is 9.12. The summed E-state index contributed by atoms with van der Waals surface area (Å²) in [6.07, 6.45) is -6.95. The standard InChI is InChI=1S/C22H16F7N9/c1-36-11-32-34-19(36)20(23)2-4-37(5-3-20)17-12(8-30)7-15(21(24,25)26)33-16(17)13-6-14-10-38(22(27,28)29)35-18(14)31-9-13/h6-7,9-11H,2-5H2,1H3. The van der Waals surface area contributed by atoms with Gasteiger partial charge in [-0.2, -0.15) is 23.1 Å². The molecule has 9 nitrogen and oxygen atoms in total. The molecular weight excluding hydrogens is 523 g/mol. The van der Waals surface area contributed by atoms with Gasteiger partial charge in [0.05, 0.1) is 16.9 Å². The Kier molecular flexibility index (Phi) is 5.76. The number of aryl methyl sites for hydroxylation is 1. The summed E-state index contributed by atoms with van der Waals surface area (Å²) in [5.74, 6) is 0.0970. The zero-order valence-corrected chi connectivity index (χ0v) is 19.4. The molecule has 38 heavy (non-hydrogen) atoms. The number of halogens is 7. The molecule has 1 aliphatic rings. The zero-order valence-electron chi connectivity index (χ0n) is 19.4. The summed E-state index contributed by atoms with van der Waals surface area (Å²) >= 11 is 0. The Morgan fingerprint density at radius 2 is 1.79 bits per heavy atom. The number of hydrogen-bond donors (Lipinski definition) is 0. The number of rotatable bonds is 3. The molecule has 0 N–H and O–H groups in total. The molecule has 1 aliphatic heterocycles. The summed E-state index contributed by atoms with van der Waals surface area (Å²) < 4.78 is 97.1. The quantitative estimate of drug-likeness (QED) is 0.355. The molecule has 4 aromatic rings. The average molecular weight is 539 g/mol. The number of piperidine rings is 1. The molecule has 5 rings (SSSR count). The van der Waals surface area contributed by atoms with Gasteiger partial charge in [-0.25, -0.2) is 14.4 Å². The van der Waals surface area contributed by atoms with Crippen LogP contribution in [0.1, 0.15) is 29.9 Å². The monoisotopic (exact) mass is 539 g/mol. The van der Waals surface area contributed by atoms with Crippen LogP contribution < -0.4 is 4.90 Å². The number of pyridine rings is 2. The maximum atomic E-state index is 15.7. The Labute approximate surface area is 209 Å². The first-order valence-corrected chi connectivity index (χ1v) is 11.0. The molecule has 0 bridgehead atoms. The lowest BCUT2D eigenvalue weighted by Gasteiger charge is -2.38. The number of nitriles is 1. The van der Waals surface area contributed by atoms with Gasteiger partial charge in [-0.15, -0.1) is 28.5 Å². The molecule has 1 fully saturated rings. The van der Waals surface area contributed by atoms with Crippen molar-refractivity contribution in [3.8, 4) is 17.3 Å². The van der Waals surface area contributed by atoms with E-state index in [1.807, 2.05) is 0 Å². The second-order valence-electron chi connectivity index (χ2n) is 8.76. The van der Waals surface area contributed by atoms with Gasteiger partial charge >= 0.3 is 12.5 Å². The van der Waals surface area contributed by atoms with E-state index < -0.39 is 23.8 Å². The van der Waals surface area contributed by atoms with Gasteiger partial charge in [-0.05, 0) is 12.1 Å². The first-order valence-electron chi connectivity index (χ1n) is 11.0. The lowest BCUT2D eigenvalue weighted by Crippen LogP contribution is -2.42. The van der Waals surface area contributed by atoms with E-state index in [0.29, 0.717) is 12.3 Å². The zero-order chi connectivity index (χ0) is 27.5. The molecule has 4 aromatic heterocycles. The molecule has 0 radical (unpaired) electrons. The minimum absolute atomic E-state index is 0.00937. The maximum absolute atomic E-state index is 15.7. The van der Waals surface area contributed by atoms with E-state index in [0.717, 1.165) is 12.3 Å². The van der Waals surface area contributed by atoms with Gasteiger partial charge in [0, 0.05) is 56.3 Å². The number of alkyl halides is 7. The van der Waals surface area contributed by atoms with Crippen LogP contribution in [0.2, 0.25) is 0 Å². The van der Waals surface area contributed by atoms with Gasteiger partial charge < -0.3 is 9.47 Å². The van der Waals surface area contributed by atoms with Crippen LogP contribution in [0.4, 0.5) is 36.4 Å². The van der Waals surface area contributed by atoms with Crippen molar-refractivity contribution in [2.75, 3.05) is 18.0 Å². The highest BCUT2D eigenvalue weighted by Crippen LogP contribution is 2.42. The van der Waals surface area contributed by atoms with Gasteiger partial charge in [0.1, 0.15) is 18.1 Å².